The standard InChI is InChI=1S/C4H9.W/c1-4(2)3;/h4H,1H2,2-3H3;/q-1;/i2T;. The Kier molecular flexibility index (Phi) is 5.33. The molecule has 0 aromatic heterocycles. The Morgan fingerprint density at radius 2 is 2.20 bits per heavy atom. The molecule has 0 N–H and O–H groups in total. The van der Waals surface area contributed by atoms with Crippen molar-refractivity contribution in [3.8, 4) is 0 Å². The molecule has 5 heavy (non-hydrogen) atoms. The smallest absolute Gasteiger partial charge is 0.0206 e. The first-order chi connectivity index (χ1) is 2.27. The molecule has 0 aliphatic carbocycles. The van der Waals surface area contributed by atoms with Gasteiger partial charge < -0.3 is 6.92 Å². The topological polar surface area (TPSA) is 0 Å². The zero-order valence-corrected chi connectivity index (χ0v) is 6.33. The molecule has 0 saturated heterocycles. The Balaban J connectivity index is 0. The van der Waals surface area contributed by atoms with E-state index in [9.17, 15) is 0 Å². The summed E-state index contributed by atoms with van der Waals surface area (Å²) in [7, 11) is 0. The van der Waals surface area contributed by atoms with E-state index >= 15 is 0 Å². The zero-order valence-electron chi connectivity index (χ0n) is 4.40. The molecule has 0 amide bonds. The predicted octanol–water partition coefficient (Wildman–Crippen LogP) is 1.47. The van der Waals surface area contributed by atoms with Crippen molar-refractivity contribution in [2.24, 2.45) is 5.92 Å². The molecule has 1 atom stereocenters. The summed E-state index contributed by atoms with van der Waals surface area (Å²) in [6, 6.07) is 0. The van der Waals surface area contributed by atoms with E-state index in [1.54, 1.807) is 0 Å². The Labute approximate surface area is 49.6 Å². The third-order valence-electron chi connectivity index (χ3n) is 0. The van der Waals surface area contributed by atoms with E-state index in [0.717, 1.165) is 0 Å². The summed E-state index contributed by atoms with van der Waals surface area (Å²) in [5, 5.41) is 0. The van der Waals surface area contributed by atoms with Gasteiger partial charge in [-0.05, 0) is 0 Å². The van der Waals surface area contributed by atoms with Crippen LogP contribution in [0.1, 0.15) is 15.2 Å². The van der Waals surface area contributed by atoms with Crippen molar-refractivity contribution in [1.29, 1.82) is 0 Å². The van der Waals surface area contributed by atoms with Crippen molar-refractivity contribution in [3.63, 3.8) is 0 Å². The van der Waals surface area contributed by atoms with Crippen LogP contribution >= 0.6 is 0 Å². The second-order valence-corrected chi connectivity index (χ2v) is 1.11. The van der Waals surface area contributed by atoms with Crippen LogP contribution in [0, 0.1) is 12.8 Å². The molecule has 0 heterocycles. The number of hydrogen-bond donors (Lipinski definition) is 0. The maximum absolute atomic E-state index is 6.59. The molecule has 32 valence electrons. The average Bonchev–Trinajstić information content (AvgIpc) is 1.38. The van der Waals surface area contributed by atoms with Crippen molar-refractivity contribution in [2.75, 3.05) is 0 Å². The fourth-order valence-corrected chi connectivity index (χ4v) is 0. The first-order valence-corrected chi connectivity index (χ1v) is 1.39. The van der Waals surface area contributed by atoms with Gasteiger partial charge in [0.15, 0.2) is 0 Å². The molecule has 0 bridgehead atoms. The molecule has 0 aromatic carbocycles. The molecule has 0 rings (SSSR count). The molecule has 0 fully saturated rings. The van der Waals surface area contributed by atoms with E-state index in [2.05, 4.69) is 6.92 Å². The predicted molar refractivity (Wildman–Crippen MR) is 20.2 cm³/mol. The quantitative estimate of drug-likeness (QED) is 0.565. The normalized spacial score (nSPS) is 15.2. The first-order valence-electron chi connectivity index (χ1n) is 2.10. The molecule has 1 heteroatoms. The Morgan fingerprint density at radius 1 is 2.00 bits per heavy atom. The average molecular weight is 243 g/mol. The summed E-state index contributed by atoms with van der Waals surface area (Å²) in [4.78, 5) is 0. The molecule has 0 aliphatic rings. The third kappa shape index (κ3) is 71.5. The summed E-state index contributed by atoms with van der Waals surface area (Å²) in [6.07, 6.45) is 0. The van der Waals surface area contributed by atoms with E-state index in [4.69, 9.17) is 1.37 Å². The summed E-state index contributed by atoms with van der Waals surface area (Å²) >= 11 is 0. The zero-order chi connectivity index (χ0) is 4.28. The van der Waals surface area contributed by atoms with E-state index in [0.29, 0.717) is 12.8 Å². The van der Waals surface area contributed by atoms with Gasteiger partial charge in [-0.2, -0.15) is 5.92 Å². The van der Waals surface area contributed by atoms with Crippen LogP contribution in [0.4, 0.5) is 0 Å². The second kappa shape index (κ2) is 4.69. The van der Waals surface area contributed by atoms with Gasteiger partial charge in [-0.25, -0.2) is 0 Å². The van der Waals surface area contributed by atoms with Crippen molar-refractivity contribution >= 4 is 0 Å². The van der Waals surface area contributed by atoms with Gasteiger partial charge in [-0.15, -0.1) is 0 Å². The molecular weight excluding hydrogens is 232 g/mol. The minimum atomic E-state index is 0. The fourth-order valence-electron chi connectivity index (χ4n) is 0. The summed E-state index contributed by atoms with van der Waals surface area (Å²) < 4.78 is 6.59. The molecule has 0 saturated carbocycles. The largest absolute Gasteiger partial charge is 0.341 e. The van der Waals surface area contributed by atoms with Gasteiger partial charge in [0, 0.05) is 22.4 Å². The van der Waals surface area contributed by atoms with Crippen LogP contribution in [0.3, 0.4) is 0 Å². The van der Waals surface area contributed by atoms with Gasteiger partial charge in [-0.1, -0.05) is 13.8 Å². The minimum Gasteiger partial charge on any atom is -0.341 e. The monoisotopic (exact) mass is 243 g/mol. The van der Waals surface area contributed by atoms with E-state index in [1.165, 1.54) is 0 Å². The molecule has 0 aliphatic heterocycles. The Bertz CT molecular complexity index is 21.5. The van der Waals surface area contributed by atoms with E-state index < -0.39 is 0 Å². The second-order valence-electron chi connectivity index (χ2n) is 1.11. The molecule has 0 spiro atoms. The number of rotatable bonds is 0. The summed E-state index contributed by atoms with van der Waals surface area (Å²) in [5.74, 6) is 0.301. The first kappa shape index (κ1) is 5.69. The Morgan fingerprint density at radius 3 is 2.20 bits per heavy atom. The maximum Gasteiger partial charge on any atom is 0.0206 e. The van der Waals surface area contributed by atoms with Crippen LogP contribution in [-0.4, -0.2) is 0 Å². The SMILES string of the molecule is [3H]CC([CH2-])C.[W]. The van der Waals surface area contributed by atoms with Crippen LogP contribution in [0.5, 0.6) is 0 Å². The van der Waals surface area contributed by atoms with Gasteiger partial charge >= 0.3 is 0 Å². The van der Waals surface area contributed by atoms with Gasteiger partial charge in [0.1, 0.15) is 0 Å². The maximum atomic E-state index is 6.59. The van der Waals surface area contributed by atoms with Gasteiger partial charge in [0.05, 0.1) is 0 Å². The van der Waals surface area contributed by atoms with Crippen LogP contribution in [0.15, 0.2) is 0 Å². The molecule has 1 unspecified atom stereocenters. The van der Waals surface area contributed by atoms with Crippen LogP contribution in [-0.2, 0) is 21.1 Å². The van der Waals surface area contributed by atoms with Gasteiger partial charge in [-0.3, -0.25) is 0 Å². The molecule has 0 aromatic rings. The molecule has 0 radical (unpaired) electrons. The molecule has 0 nitrogen and oxygen atoms in total. The summed E-state index contributed by atoms with van der Waals surface area (Å²) in [6.45, 7) is 5.94. The van der Waals surface area contributed by atoms with Crippen molar-refractivity contribution < 1.29 is 22.4 Å². The van der Waals surface area contributed by atoms with Crippen LogP contribution in [0.2, 0.25) is 0 Å². The van der Waals surface area contributed by atoms with Gasteiger partial charge in [0.2, 0.25) is 0 Å². The minimum absolute atomic E-state index is 0. The van der Waals surface area contributed by atoms with Crippen molar-refractivity contribution in [1.82, 2.24) is 0 Å². The summed E-state index contributed by atoms with van der Waals surface area (Å²) in [5.41, 5.74) is 0. The molecular formula is C4H9W-. The van der Waals surface area contributed by atoms with Crippen molar-refractivity contribution in [2.45, 2.75) is 13.8 Å². The van der Waals surface area contributed by atoms with Gasteiger partial charge in [0.25, 0.3) is 0 Å². The van der Waals surface area contributed by atoms with E-state index in [1.807, 2.05) is 6.92 Å². The number of hydrogen-bond acceptors (Lipinski definition) is 0. The Hall–Kier alpha value is 0.688. The van der Waals surface area contributed by atoms with Crippen LogP contribution in [0.25, 0.3) is 0 Å². The van der Waals surface area contributed by atoms with Crippen LogP contribution < -0.4 is 0 Å². The fraction of sp³-hybridized carbons (Fsp3) is 0.750. The van der Waals surface area contributed by atoms with E-state index in [-0.39, 0.29) is 21.1 Å². The van der Waals surface area contributed by atoms with Crippen molar-refractivity contribution in [3.05, 3.63) is 6.92 Å². The third-order valence-corrected chi connectivity index (χ3v) is 0.